The first kappa shape index (κ1) is 10.8. The summed E-state index contributed by atoms with van der Waals surface area (Å²) < 4.78 is 25.1. The minimum absolute atomic E-state index is 0.0795. The third-order valence-corrected chi connectivity index (χ3v) is 2.99. The molecule has 0 radical (unpaired) electrons. The molecule has 1 aromatic heterocycles. The van der Waals surface area contributed by atoms with Gasteiger partial charge in [0, 0.05) is 10.9 Å². The van der Waals surface area contributed by atoms with Gasteiger partial charge in [0.15, 0.2) is 16.8 Å². The molecule has 0 saturated heterocycles. The van der Waals surface area contributed by atoms with Gasteiger partial charge < -0.3 is 14.7 Å². The Hall–Kier alpha value is -1.66. The van der Waals surface area contributed by atoms with Crippen LogP contribution in [0.4, 0.5) is 0 Å². The molecule has 0 aliphatic heterocycles. The summed E-state index contributed by atoms with van der Waals surface area (Å²) >= 11 is -2.05. The molecule has 2 rings (SSSR count). The summed E-state index contributed by atoms with van der Waals surface area (Å²) in [6.07, 6.45) is 0. The smallest absolute Gasteiger partial charge is 0.284 e. The van der Waals surface area contributed by atoms with Crippen molar-refractivity contribution in [3.63, 3.8) is 0 Å². The summed E-state index contributed by atoms with van der Waals surface area (Å²) in [6, 6.07) is 4.51. The number of benzene rings is 1. The highest BCUT2D eigenvalue weighted by Gasteiger charge is 2.15. The number of rotatable bonds is 2. The van der Waals surface area contributed by atoms with E-state index in [2.05, 4.69) is 0 Å². The quantitative estimate of drug-likeness (QED) is 0.775. The third kappa shape index (κ3) is 1.62. The van der Waals surface area contributed by atoms with Crippen LogP contribution >= 0.6 is 0 Å². The first-order valence-electron chi connectivity index (χ1n) is 4.44. The minimum atomic E-state index is -2.05. The van der Waals surface area contributed by atoms with Crippen LogP contribution in [0.3, 0.4) is 0 Å². The number of nitrogens with two attached hydrogens (primary N) is 1. The normalized spacial score (nSPS) is 12.9. The van der Waals surface area contributed by atoms with E-state index < -0.39 is 17.0 Å². The summed E-state index contributed by atoms with van der Waals surface area (Å²) in [4.78, 5) is 11.3. The van der Waals surface area contributed by atoms with Crippen molar-refractivity contribution in [2.75, 3.05) is 0 Å². The van der Waals surface area contributed by atoms with Gasteiger partial charge in [-0.1, -0.05) is 0 Å². The van der Waals surface area contributed by atoms with E-state index in [0.717, 1.165) is 0 Å². The van der Waals surface area contributed by atoms with Gasteiger partial charge in [-0.05, 0) is 25.1 Å². The lowest BCUT2D eigenvalue weighted by molar-refractivity contribution is 0.0975. The van der Waals surface area contributed by atoms with Crippen molar-refractivity contribution >= 4 is 28.0 Å². The molecule has 0 aliphatic carbocycles. The molecule has 1 unspecified atom stereocenters. The summed E-state index contributed by atoms with van der Waals surface area (Å²) in [6.45, 7) is 1.68. The number of hydrogen-bond acceptors (Lipinski definition) is 3. The summed E-state index contributed by atoms with van der Waals surface area (Å²) in [5.41, 5.74) is 6.19. The number of amides is 1. The van der Waals surface area contributed by atoms with Gasteiger partial charge in [-0.3, -0.25) is 4.79 Å². The van der Waals surface area contributed by atoms with Crippen molar-refractivity contribution in [1.82, 2.24) is 0 Å². The molecule has 5 nitrogen and oxygen atoms in total. The molecule has 1 atom stereocenters. The highest BCUT2D eigenvalue weighted by Crippen LogP contribution is 2.26. The summed E-state index contributed by atoms with van der Waals surface area (Å²) in [5.74, 6) is -0.573. The van der Waals surface area contributed by atoms with E-state index in [-0.39, 0.29) is 10.7 Å². The standard InChI is InChI=1S/C10H9NO4S/c1-5-7-4-6(16(13)14)2-3-8(7)15-9(5)10(11)12/h2-4H,1H3,(H2,11,12)(H,13,14). The molecule has 0 aliphatic rings. The highest BCUT2D eigenvalue weighted by atomic mass is 32.2. The molecule has 2 aromatic rings. The van der Waals surface area contributed by atoms with Crippen molar-refractivity contribution in [2.24, 2.45) is 5.73 Å². The maximum absolute atomic E-state index is 11.0. The number of fused-ring (bicyclic) bond motifs is 1. The second-order valence-electron chi connectivity index (χ2n) is 3.33. The Kier molecular flexibility index (Phi) is 2.53. The predicted molar refractivity (Wildman–Crippen MR) is 58.5 cm³/mol. The molecule has 0 fully saturated rings. The minimum Gasteiger partial charge on any atom is -0.451 e. The number of hydrogen-bond donors (Lipinski definition) is 2. The molecule has 1 heterocycles. The molecule has 6 heteroatoms. The van der Waals surface area contributed by atoms with Crippen LogP contribution in [0.25, 0.3) is 11.0 Å². The average molecular weight is 239 g/mol. The van der Waals surface area contributed by atoms with Gasteiger partial charge >= 0.3 is 0 Å². The van der Waals surface area contributed by atoms with Crippen LogP contribution in [0, 0.1) is 6.92 Å². The Morgan fingerprint density at radius 3 is 2.75 bits per heavy atom. The van der Waals surface area contributed by atoms with E-state index in [0.29, 0.717) is 16.5 Å². The second-order valence-corrected chi connectivity index (χ2v) is 4.30. The van der Waals surface area contributed by atoms with Crippen LogP contribution in [-0.4, -0.2) is 14.7 Å². The number of carbonyl (C=O) groups is 1. The molecule has 3 N–H and O–H groups in total. The largest absolute Gasteiger partial charge is 0.451 e. The van der Waals surface area contributed by atoms with Gasteiger partial charge in [-0.15, -0.1) is 0 Å². The van der Waals surface area contributed by atoms with Gasteiger partial charge in [0.1, 0.15) is 5.58 Å². The van der Waals surface area contributed by atoms with Crippen molar-refractivity contribution in [2.45, 2.75) is 11.8 Å². The maximum atomic E-state index is 11.0. The van der Waals surface area contributed by atoms with E-state index >= 15 is 0 Å². The Morgan fingerprint density at radius 1 is 1.50 bits per heavy atom. The van der Waals surface area contributed by atoms with Crippen molar-refractivity contribution in [3.05, 3.63) is 29.5 Å². The van der Waals surface area contributed by atoms with E-state index in [9.17, 15) is 9.00 Å². The number of aryl methyl sites for hydroxylation is 1. The third-order valence-electron chi connectivity index (χ3n) is 2.33. The first-order chi connectivity index (χ1) is 7.50. The van der Waals surface area contributed by atoms with Crippen LogP contribution < -0.4 is 5.73 Å². The lowest BCUT2D eigenvalue weighted by Crippen LogP contribution is -2.10. The molecule has 84 valence electrons. The van der Waals surface area contributed by atoms with Gasteiger partial charge in [0.2, 0.25) is 0 Å². The lowest BCUT2D eigenvalue weighted by atomic mass is 10.1. The van der Waals surface area contributed by atoms with Gasteiger partial charge in [0.05, 0.1) is 4.90 Å². The Balaban J connectivity index is 2.73. The molecule has 1 aromatic carbocycles. The van der Waals surface area contributed by atoms with Gasteiger partial charge in [-0.25, -0.2) is 4.21 Å². The topological polar surface area (TPSA) is 93.5 Å². The second kappa shape index (κ2) is 3.73. The van der Waals surface area contributed by atoms with Crippen molar-refractivity contribution in [1.29, 1.82) is 0 Å². The molecule has 1 amide bonds. The van der Waals surface area contributed by atoms with Crippen molar-refractivity contribution < 1.29 is 18.0 Å². The monoisotopic (exact) mass is 239 g/mol. The van der Waals surface area contributed by atoms with Crippen LogP contribution in [0.2, 0.25) is 0 Å². The van der Waals surface area contributed by atoms with Gasteiger partial charge in [-0.2, -0.15) is 0 Å². The molecule has 0 saturated carbocycles. The Labute approximate surface area is 93.5 Å². The molecule has 16 heavy (non-hydrogen) atoms. The highest BCUT2D eigenvalue weighted by molar-refractivity contribution is 7.79. The van der Waals surface area contributed by atoms with E-state index in [1.165, 1.54) is 18.2 Å². The van der Waals surface area contributed by atoms with Crippen molar-refractivity contribution in [3.8, 4) is 0 Å². The summed E-state index contributed by atoms with van der Waals surface area (Å²) in [5, 5.41) is 0.619. The SMILES string of the molecule is Cc1c(C(N)=O)oc2ccc(S(=O)O)cc12. The fourth-order valence-electron chi connectivity index (χ4n) is 1.54. The van der Waals surface area contributed by atoms with Gasteiger partial charge in [0.25, 0.3) is 5.91 Å². The van der Waals surface area contributed by atoms with E-state index in [1.54, 1.807) is 6.92 Å². The zero-order valence-electron chi connectivity index (χ0n) is 8.39. The number of primary amides is 1. The Bertz CT molecular complexity index is 602. The maximum Gasteiger partial charge on any atom is 0.284 e. The first-order valence-corrected chi connectivity index (χ1v) is 5.55. The van der Waals surface area contributed by atoms with E-state index in [1.807, 2.05) is 0 Å². The molecular weight excluding hydrogens is 230 g/mol. The molecule has 0 bridgehead atoms. The fourth-order valence-corrected chi connectivity index (χ4v) is 1.95. The van der Waals surface area contributed by atoms with Crippen LogP contribution in [0.15, 0.2) is 27.5 Å². The molecular formula is C10H9NO4S. The van der Waals surface area contributed by atoms with Crippen LogP contribution in [0.1, 0.15) is 16.1 Å². The average Bonchev–Trinajstić information content (AvgIpc) is 2.56. The fraction of sp³-hybridized carbons (Fsp3) is 0.100. The number of furan rings is 1. The van der Waals surface area contributed by atoms with Crippen LogP contribution in [0.5, 0.6) is 0 Å². The molecule has 0 spiro atoms. The van der Waals surface area contributed by atoms with Crippen LogP contribution in [-0.2, 0) is 11.1 Å². The number of carbonyl (C=O) groups excluding carboxylic acids is 1. The zero-order valence-corrected chi connectivity index (χ0v) is 9.21. The zero-order chi connectivity index (χ0) is 11.9. The predicted octanol–water partition coefficient (Wildman–Crippen LogP) is 1.42. The van der Waals surface area contributed by atoms with E-state index in [4.69, 9.17) is 14.7 Å². The lowest BCUT2D eigenvalue weighted by Gasteiger charge is -1.94. The summed E-state index contributed by atoms with van der Waals surface area (Å²) in [7, 11) is 0. The Morgan fingerprint density at radius 2 is 2.19 bits per heavy atom.